The van der Waals surface area contributed by atoms with Crippen molar-refractivity contribution >= 4 is 5.91 Å². The summed E-state index contributed by atoms with van der Waals surface area (Å²) in [5.74, 6) is -0.696. The van der Waals surface area contributed by atoms with Gasteiger partial charge in [0.1, 0.15) is 36.6 Å². The van der Waals surface area contributed by atoms with Crippen molar-refractivity contribution in [2.45, 2.75) is 242 Å². The van der Waals surface area contributed by atoms with Crippen molar-refractivity contribution in [3.8, 4) is 0 Å². The zero-order chi connectivity index (χ0) is 38.4. The molecule has 1 unspecified atom stereocenters. The molecule has 0 aromatic carbocycles. The molecule has 0 aromatic rings. The van der Waals surface area contributed by atoms with Crippen molar-refractivity contribution in [2.24, 2.45) is 0 Å². The first kappa shape index (κ1) is 49.1. The second kappa shape index (κ2) is 32.4. The summed E-state index contributed by atoms with van der Waals surface area (Å²) in [5, 5.41) is 75.4. The predicted octanol–water partition coefficient (Wildman–Crippen LogP) is 5.94. The van der Waals surface area contributed by atoms with E-state index in [1.54, 1.807) is 0 Å². The van der Waals surface area contributed by atoms with E-state index in [0.29, 0.717) is 19.3 Å². The first-order valence-electron chi connectivity index (χ1n) is 21.4. The van der Waals surface area contributed by atoms with Gasteiger partial charge in [0.25, 0.3) is 0 Å². The van der Waals surface area contributed by atoms with Gasteiger partial charge in [-0.05, 0) is 12.8 Å². The second-order valence-corrected chi connectivity index (χ2v) is 15.4. The lowest BCUT2D eigenvalue weighted by molar-refractivity contribution is -0.303. The van der Waals surface area contributed by atoms with Crippen molar-refractivity contribution in [3.63, 3.8) is 0 Å². The highest BCUT2D eigenvalue weighted by Gasteiger charge is 2.44. The van der Waals surface area contributed by atoms with Crippen LogP contribution in [0.1, 0.15) is 187 Å². The predicted molar refractivity (Wildman–Crippen MR) is 206 cm³/mol. The summed E-state index contributed by atoms with van der Waals surface area (Å²) in [6.45, 7) is 3.41. The zero-order valence-corrected chi connectivity index (χ0v) is 33.1. The maximum Gasteiger partial charge on any atom is 0.249 e. The van der Waals surface area contributed by atoms with Gasteiger partial charge < -0.3 is 50.5 Å². The maximum atomic E-state index is 13.0. The van der Waals surface area contributed by atoms with Gasteiger partial charge in [0, 0.05) is 0 Å². The van der Waals surface area contributed by atoms with Gasteiger partial charge in [-0.25, -0.2) is 0 Å². The Labute approximate surface area is 316 Å². The summed E-state index contributed by atoms with van der Waals surface area (Å²) >= 11 is 0. The van der Waals surface area contributed by atoms with Gasteiger partial charge in [-0.1, -0.05) is 174 Å². The number of carbonyl (C=O) groups is 1. The number of nitrogens with one attached hydrogen (secondary N) is 1. The molecule has 9 atom stereocenters. The van der Waals surface area contributed by atoms with Gasteiger partial charge in [0.2, 0.25) is 5.91 Å². The number of rotatable bonds is 35. The lowest BCUT2D eigenvalue weighted by Gasteiger charge is -2.40. The largest absolute Gasteiger partial charge is 0.394 e. The first-order chi connectivity index (χ1) is 25.2. The Bertz CT molecular complexity index is 820. The summed E-state index contributed by atoms with van der Waals surface area (Å²) in [4.78, 5) is 13.0. The highest BCUT2D eigenvalue weighted by Crippen LogP contribution is 2.23. The normalized spacial score (nSPS) is 23.0. The number of hydrogen-bond donors (Lipinski definition) is 8. The van der Waals surface area contributed by atoms with E-state index in [-0.39, 0.29) is 6.42 Å². The second-order valence-electron chi connectivity index (χ2n) is 15.4. The minimum atomic E-state index is -1.65. The van der Waals surface area contributed by atoms with Crippen LogP contribution in [-0.2, 0) is 14.3 Å². The van der Waals surface area contributed by atoms with Gasteiger partial charge >= 0.3 is 0 Å². The standard InChI is InChI=1S/C41H81NO10/c1-3-5-7-9-11-13-15-16-17-19-21-23-25-27-29-34(45)40(50)42-32(31-51-41-39(49)38(48)37(47)35(30-43)52-41)36(46)33(44)28-26-24-22-20-18-14-12-10-8-6-4-2/h32-39,41,43-49H,3-31H2,1-2H3,(H,42,50)/t32-,33-,34?,35-,36+,37-,38+,39-,41+/m1/s1. The van der Waals surface area contributed by atoms with E-state index in [1.807, 2.05) is 0 Å². The summed E-state index contributed by atoms with van der Waals surface area (Å²) in [7, 11) is 0. The number of aliphatic hydroxyl groups excluding tert-OH is 7. The lowest BCUT2D eigenvalue weighted by Crippen LogP contribution is -2.60. The van der Waals surface area contributed by atoms with Gasteiger partial charge in [-0.3, -0.25) is 4.79 Å². The van der Waals surface area contributed by atoms with Crippen molar-refractivity contribution in [2.75, 3.05) is 13.2 Å². The molecule has 0 bridgehead atoms. The summed E-state index contributed by atoms with van der Waals surface area (Å²) in [6, 6.07) is -1.16. The van der Waals surface area contributed by atoms with Crippen molar-refractivity contribution in [1.82, 2.24) is 5.32 Å². The molecular weight excluding hydrogens is 666 g/mol. The van der Waals surface area contributed by atoms with E-state index in [4.69, 9.17) is 9.47 Å². The fourth-order valence-corrected chi connectivity index (χ4v) is 7.03. The smallest absolute Gasteiger partial charge is 0.249 e. The summed E-state index contributed by atoms with van der Waals surface area (Å²) < 4.78 is 11.0. The van der Waals surface area contributed by atoms with E-state index < -0.39 is 74.2 Å². The molecule has 0 aliphatic carbocycles. The molecule has 11 nitrogen and oxygen atoms in total. The minimum Gasteiger partial charge on any atom is -0.394 e. The molecular formula is C41H81NO10. The zero-order valence-electron chi connectivity index (χ0n) is 33.1. The molecule has 0 spiro atoms. The molecule has 1 aliphatic rings. The molecule has 1 amide bonds. The summed E-state index contributed by atoms with van der Waals surface area (Å²) in [6.07, 6.45) is 18.7. The van der Waals surface area contributed by atoms with Crippen LogP contribution >= 0.6 is 0 Å². The van der Waals surface area contributed by atoms with Crippen LogP contribution in [0, 0.1) is 0 Å². The number of hydrogen-bond acceptors (Lipinski definition) is 10. The van der Waals surface area contributed by atoms with Crippen LogP contribution in [0.15, 0.2) is 0 Å². The van der Waals surface area contributed by atoms with Gasteiger partial charge in [-0.2, -0.15) is 0 Å². The van der Waals surface area contributed by atoms with Crippen LogP contribution in [0.4, 0.5) is 0 Å². The van der Waals surface area contributed by atoms with Crippen molar-refractivity contribution < 1.29 is 50.0 Å². The number of ether oxygens (including phenoxy) is 2. The van der Waals surface area contributed by atoms with Crippen molar-refractivity contribution in [3.05, 3.63) is 0 Å². The van der Waals surface area contributed by atoms with E-state index >= 15 is 0 Å². The number of amides is 1. The van der Waals surface area contributed by atoms with Gasteiger partial charge in [0.15, 0.2) is 6.29 Å². The molecule has 310 valence electrons. The van der Waals surface area contributed by atoms with E-state index in [2.05, 4.69) is 19.2 Å². The Morgan fingerprint density at radius 3 is 1.42 bits per heavy atom. The Balaban J connectivity index is 2.50. The van der Waals surface area contributed by atoms with Crippen LogP contribution in [0.2, 0.25) is 0 Å². The number of unbranched alkanes of at least 4 members (excludes halogenated alkanes) is 23. The third-order valence-electron chi connectivity index (χ3n) is 10.7. The number of aliphatic hydroxyl groups is 7. The van der Waals surface area contributed by atoms with Crippen molar-refractivity contribution in [1.29, 1.82) is 0 Å². The number of carbonyl (C=O) groups excluding carboxylic acids is 1. The van der Waals surface area contributed by atoms with Crippen LogP contribution in [0.5, 0.6) is 0 Å². The van der Waals surface area contributed by atoms with Crippen LogP contribution in [-0.4, -0.2) is 110 Å². The Kier molecular flexibility index (Phi) is 30.6. The maximum absolute atomic E-state index is 13.0. The van der Waals surface area contributed by atoms with Gasteiger partial charge in [-0.15, -0.1) is 0 Å². The fraction of sp³-hybridized carbons (Fsp3) is 0.976. The molecule has 0 saturated carbocycles. The molecule has 1 saturated heterocycles. The molecule has 11 heteroatoms. The molecule has 1 rings (SSSR count). The van der Waals surface area contributed by atoms with E-state index in [0.717, 1.165) is 38.5 Å². The molecule has 8 N–H and O–H groups in total. The minimum absolute atomic E-state index is 0.265. The first-order valence-corrected chi connectivity index (χ1v) is 21.4. The highest BCUT2D eigenvalue weighted by atomic mass is 16.7. The fourth-order valence-electron chi connectivity index (χ4n) is 7.03. The lowest BCUT2D eigenvalue weighted by atomic mass is 9.98. The topological polar surface area (TPSA) is 189 Å². The van der Waals surface area contributed by atoms with E-state index in [9.17, 15) is 40.5 Å². The Hall–Kier alpha value is -0.890. The molecule has 1 aliphatic heterocycles. The molecule has 52 heavy (non-hydrogen) atoms. The molecule has 1 heterocycles. The van der Waals surface area contributed by atoms with E-state index in [1.165, 1.54) is 109 Å². The highest BCUT2D eigenvalue weighted by molar-refractivity contribution is 5.80. The summed E-state index contributed by atoms with van der Waals surface area (Å²) in [5.41, 5.74) is 0. The van der Waals surface area contributed by atoms with Crippen LogP contribution in [0.25, 0.3) is 0 Å². The Morgan fingerprint density at radius 1 is 0.596 bits per heavy atom. The molecule has 0 aromatic heterocycles. The average Bonchev–Trinajstić information content (AvgIpc) is 3.14. The third kappa shape index (κ3) is 22.5. The quantitative estimate of drug-likeness (QED) is 0.0360. The molecule has 1 fully saturated rings. The van der Waals surface area contributed by atoms with Gasteiger partial charge in [0.05, 0.1) is 25.4 Å². The third-order valence-corrected chi connectivity index (χ3v) is 10.7. The average molecular weight is 748 g/mol. The SMILES string of the molecule is CCCCCCCCCCCCCCCCC(O)C(=O)N[C@H](CO[C@H]1O[C@H](CO)[C@@H](O)[C@H](O)[C@H]1O)[C@H](O)[C@H](O)CCCCCCCCCCCCC. The Morgan fingerprint density at radius 2 is 1.00 bits per heavy atom. The molecule has 0 radical (unpaired) electrons. The monoisotopic (exact) mass is 748 g/mol. The van der Waals surface area contributed by atoms with Crippen LogP contribution < -0.4 is 5.32 Å². The van der Waals surface area contributed by atoms with Crippen LogP contribution in [0.3, 0.4) is 0 Å².